The van der Waals surface area contributed by atoms with Crippen molar-refractivity contribution in [2.45, 2.75) is 23.8 Å². The molecule has 1 fully saturated rings. The summed E-state index contributed by atoms with van der Waals surface area (Å²) < 4.78 is 24.0. The number of thiophene rings is 1. The fourth-order valence-corrected chi connectivity index (χ4v) is 5.04. The van der Waals surface area contributed by atoms with Crippen molar-refractivity contribution in [2.75, 3.05) is 37.0 Å². The van der Waals surface area contributed by atoms with Crippen LogP contribution in [0.4, 0.5) is 10.7 Å². The Bertz CT molecular complexity index is 646. The van der Waals surface area contributed by atoms with Crippen LogP contribution in [0.5, 0.6) is 0 Å². The highest BCUT2D eigenvalue weighted by Crippen LogP contribution is 2.42. The molecule has 1 aliphatic heterocycles. The second-order valence-electron chi connectivity index (χ2n) is 5.05. The average molecular weight is 333 g/mol. The number of nitrogens with one attached hydrogen (secondary N) is 1. The summed E-state index contributed by atoms with van der Waals surface area (Å²) in [5.41, 5.74) is 5.90. The molecule has 2 rings (SSSR count). The number of hydrogen-bond acceptors (Lipinski definition) is 7. The molecule has 4 N–H and O–H groups in total. The summed E-state index contributed by atoms with van der Waals surface area (Å²) in [5, 5.41) is 12.5. The van der Waals surface area contributed by atoms with Crippen molar-refractivity contribution < 1.29 is 18.3 Å². The molecule has 1 saturated heterocycles. The number of hydrogen-bond donors (Lipinski definition) is 3. The second-order valence-corrected chi connectivity index (χ2v) is 8.00. The van der Waals surface area contributed by atoms with Gasteiger partial charge < -0.3 is 21.1 Å². The molecular formula is C12H19N3O4S2. The summed E-state index contributed by atoms with van der Waals surface area (Å²) in [6.07, 6.45) is 1.85. The van der Waals surface area contributed by atoms with Gasteiger partial charge in [-0.3, -0.25) is 4.79 Å². The maximum absolute atomic E-state index is 12.0. The van der Waals surface area contributed by atoms with Gasteiger partial charge in [-0.15, -0.1) is 11.3 Å². The van der Waals surface area contributed by atoms with Crippen LogP contribution in [0, 0.1) is 0 Å². The smallest absolute Gasteiger partial charge is 0.263 e. The minimum absolute atomic E-state index is 0.00275. The molecule has 2 heterocycles. The predicted octanol–water partition coefficient (Wildman–Crippen LogP) is 0.0545. The highest BCUT2D eigenvalue weighted by Gasteiger charge is 2.31. The van der Waals surface area contributed by atoms with E-state index in [9.17, 15) is 18.3 Å². The van der Waals surface area contributed by atoms with Crippen LogP contribution >= 0.6 is 11.3 Å². The van der Waals surface area contributed by atoms with E-state index in [1.165, 1.54) is 7.05 Å². The van der Waals surface area contributed by atoms with Crippen molar-refractivity contribution >= 4 is 37.8 Å². The van der Waals surface area contributed by atoms with Crippen molar-refractivity contribution in [1.29, 1.82) is 0 Å². The van der Waals surface area contributed by atoms with Gasteiger partial charge >= 0.3 is 0 Å². The lowest BCUT2D eigenvalue weighted by atomic mass is 10.1. The van der Waals surface area contributed by atoms with Crippen LogP contribution < -0.4 is 16.0 Å². The number of rotatable bonds is 3. The van der Waals surface area contributed by atoms with Crippen LogP contribution in [0.3, 0.4) is 0 Å². The molecule has 118 valence electrons. The quantitative estimate of drug-likeness (QED) is 0.721. The third-order valence-electron chi connectivity index (χ3n) is 3.44. The van der Waals surface area contributed by atoms with Gasteiger partial charge in [-0.05, 0) is 12.8 Å². The van der Waals surface area contributed by atoms with Crippen molar-refractivity contribution in [2.24, 2.45) is 0 Å². The van der Waals surface area contributed by atoms with Crippen molar-refractivity contribution in [3.8, 4) is 0 Å². The summed E-state index contributed by atoms with van der Waals surface area (Å²) in [6.45, 7) is 1.08. The third kappa shape index (κ3) is 3.14. The Labute approximate surface area is 127 Å². The number of anilines is 2. The molecule has 0 spiro atoms. The lowest BCUT2D eigenvalue weighted by molar-refractivity contribution is 0.0967. The van der Waals surface area contributed by atoms with Crippen LogP contribution in [-0.4, -0.2) is 51.9 Å². The topological polar surface area (TPSA) is 113 Å². The molecule has 1 amide bonds. The Balaban J connectivity index is 2.51. The number of aliphatic hydroxyl groups excluding tert-OH is 1. The minimum Gasteiger partial charge on any atom is -0.396 e. The Hall–Kier alpha value is -1.32. The average Bonchev–Trinajstić information content (AvgIpc) is 2.76. The number of nitrogen functional groups attached to an aromatic ring is 1. The van der Waals surface area contributed by atoms with E-state index in [2.05, 4.69) is 5.32 Å². The van der Waals surface area contributed by atoms with Crippen LogP contribution in [-0.2, 0) is 9.84 Å². The van der Waals surface area contributed by atoms with Crippen LogP contribution in [0.1, 0.15) is 22.5 Å². The maximum atomic E-state index is 12.0. The monoisotopic (exact) mass is 333 g/mol. The van der Waals surface area contributed by atoms with Gasteiger partial charge in [0.15, 0.2) is 9.84 Å². The first-order valence-corrected chi connectivity index (χ1v) is 9.24. The van der Waals surface area contributed by atoms with Crippen molar-refractivity contribution in [1.82, 2.24) is 5.32 Å². The van der Waals surface area contributed by atoms with Crippen molar-refractivity contribution in [3.05, 3.63) is 4.88 Å². The minimum atomic E-state index is -3.55. The summed E-state index contributed by atoms with van der Waals surface area (Å²) in [4.78, 5) is 13.9. The van der Waals surface area contributed by atoms with E-state index < -0.39 is 15.7 Å². The normalized spacial score (nSPS) is 17.0. The van der Waals surface area contributed by atoms with Crippen LogP contribution in [0.25, 0.3) is 0 Å². The lowest BCUT2D eigenvalue weighted by Gasteiger charge is -2.30. The van der Waals surface area contributed by atoms with E-state index >= 15 is 0 Å². The first kappa shape index (κ1) is 16.1. The number of carbonyl (C=O) groups is 1. The summed E-state index contributed by atoms with van der Waals surface area (Å²) in [5.74, 6) is -0.398. The lowest BCUT2D eigenvalue weighted by Crippen LogP contribution is -2.35. The van der Waals surface area contributed by atoms with Gasteiger partial charge in [0, 0.05) is 26.4 Å². The SMILES string of the molecule is CNC(=O)c1sc(N2CCC(O)CC2)c(S(C)(=O)=O)c1N. The Morgan fingerprint density at radius 1 is 1.43 bits per heavy atom. The van der Waals surface area contributed by atoms with Crippen molar-refractivity contribution in [3.63, 3.8) is 0 Å². The summed E-state index contributed by atoms with van der Waals surface area (Å²) >= 11 is 1.08. The van der Waals surface area contributed by atoms with E-state index in [0.29, 0.717) is 30.9 Å². The molecular weight excluding hydrogens is 314 g/mol. The Kier molecular flexibility index (Phi) is 4.45. The second kappa shape index (κ2) is 5.82. The van der Waals surface area contributed by atoms with E-state index in [4.69, 9.17) is 5.73 Å². The number of nitrogens with two attached hydrogens (primary N) is 1. The Morgan fingerprint density at radius 2 is 2.00 bits per heavy atom. The highest BCUT2D eigenvalue weighted by atomic mass is 32.2. The molecule has 0 unspecified atom stereocenters. The molecule has 0 aliphatic carbocycles. The van der Waals surface area contributed by atoms with E-state index in [1.54, 1.807) is 0 Å². The molecule has 0 atom stereocenters. The molecule has 0 saturated carbocycles. The Morgan fingerprint density at radius 3 is 2.48 bits per heavy atom. The first-order valence-electron chi connectivity index (χ1n) is 6.53. The number of amides is 1. The standard InChI is InChI=1S/C12H19N3O4S2/c1-14-11(17)9-8(13)10(21(2,18)19)12(20-9)15-5-3-7(16)4-6-15/h7,16H,3-6,13H2,1-2H3,(H,14,17). The van der Waals surface area contributed by atoms with Crippen LogP contribution in [0.2, 0.25) is 0 Å². The van der Waals surface area contributed by atoms with Gasteiger partial charge in [0.05, 0.1) is 11.8 Å². The maximum Gasteiger partial charge on any atom is 0.263 e. The number of aliphatic hydroxyl groups is 1. The largest absolute Gasteiger partial charge is 0.396 e. The van der Waals surface area contributed by atoms with Gasteiger partial charge in [0.25, 0.3) is 5.91 Å². The molecule has 1 aromatic heterocycles. The fraction of sp³-hybridized carbons (Fsp3) is 0.583. The van der Waals surface area contributed by atoms with Gasteiger partial charge in [-0.2, -0.15) is 0 Å². The summed E-state index contributed by atoms with van der Waals surface area (Å²) in [7, 11) is -2.08. The molecule has 7 nitrogen and oxygen atoms in total. The van der Waals surface area contributed by atoms with E-state index in [1.807, 2.05) is 4.90 Å². The number of carbonyl (C=O) groups excluding carboxylic acids is 1. The third-order valence-corrected chi connectivity index (χ3v) is 5.99. The molecule has 1 aliphatic rings. The zero-order valence-corrected chi connectivity index (χ0v) is 13.6. The molecule has 9 heteroatoms. The number of sulfone groups is 1. The molecule has 0 bridgehead atoms. The zero-order valence-electron chi connectivity index (χ0n) is 11.9. The number of nitrogens with zero attached hydrogens (tertiary/aromatic N) is 1. The molecule has 1 aromatic rings. The number of piperidine rings is 1. The fourth-order valence-electron chi connectivity index (χ4n) is 2.33. The van der Waals surface area contributed by atoms with Gasteiger partial charge in [-0.25, -0.2) is 8.42 Å². The molecule has 0 radical (unpaired) electrons. The van der Waals surface area contributed by atoms with Gasteiger partial charge in [0.2, 0.25) is 0 Å². The predicted molar refractivity (Wildman–Crippen MR) is 82.7 cm³/mol. The van der Waals surface area contributed by atoms with E-state index in [0.717, 1.165) is 17.6 Å². The highest BCUT2D eigenvalue weighted by molar-refractivity contribution is 7.91. The summed E-state index contributed by atoms with van der Waals surface area (Å²) in [6, 6.07) is 0. The molecule has 0 aromatic carbocycles. The molecule has 21 heavy (non-hydrogen) atoms. The van der Waals surface area contributed by atoms with E-state index in [-0.39, 0.29) is 21.6 Å². The first-order chi connectivity index (χ1) is 9.75. The van der Waals surface area contributed by atoms with Gasteiger partial charge in [0.1, 0.15) is 14.8 Å². The zero-order chi connectivity index (χ0) is 15.8. The van der Waals surface area contributed by atoms with Gasteiger partial charge in [-0.1, -0.05) is 0 Å². The van der Waals surface area contributed by atoms with Crippen LogP contribution in [0.15, 0.2) is 4.90 Å².